The van der Waals surface area contributed by atoms with Crippen LogP contribution < -0.4 is 4.90 Å². The van der Waals surface area contributed by atoms with Crippen LogP contribution in [0, 0.1) is 26.6 Å². The van der Waals surface area contributed by atoms with Crippen molar-refractivity contribution in [2.45, 2.75) is 20.8 Å². The molecule has 0 aliphatic carbocycles. The minimum absolute atomic E-state index is 0.219. The lowest BCUT2D eigenvalue weighted by atomic mass is 10.2. The zero-order valence-electron chi connectivity index (χ0n) is 15.4. The van der Waals surface area contributed by atoms with Crippen molar-refractivity contribution < 1.29 is 13.7 Å². The van der Waals surface area contributed by atoms with E-state index in [0.717, 1.165) is 22.7 Å². The maximum Gasteiger partial charge on any atom is 0.270 e. The predicted octanol–water partition coefficient (Wildman–Crippen LogP) is 4.94. The number of rotatable bonds is 3. The van der Waals surface area contributed by atoms with Crippen molar-refractivity contribution in [3.63, 3.8) is 0 Å². The zero-order chi connectivity index (χ0) is 20.0. The van der Waals surface area contributed by atoms with Crippen LogP contribution in [-0.2, 0) is 4.79 Å². The summed E-state index contributed by atoms with van der Waals surface area (Å²) in [7, 11) is 0. The molecule has 0 unspecified atom stereocenters. The molecule has 142 valence electrons. The Morgan fingerprint density at radius 3 is 2.54 bits per heavy atom. The molecule has 1 saturated heterocycles. The predicted molar refractivity (Wildman–Crippen MR) is 112 cm³/mol. The van der Waals surface area contributed by atoms with Crippen molar-refractivity contribution in [2.75, 3.05) is 4.90 Å². The minimum atomic E-state index is -0.361. The van der Waals surface area contributed by atoms with Crippen molar-refractivity contribution in [1.82, 2.24) is 9.72 Å². The summed E-state index contributed by atoms with van der Waals surface area (Å²) >= 11 is 6.61. The Balaban J connectivity index is 1.69. The Hall–Kier alpha value is -2.71. The molecule has 1 aliphatic heterocycles. The summed E-state index contributed by atoms with van der Waals surface area (Å²) in [5.74, 6) is 0.846. The van der Waals surface area contributed by atoms with Gasteiger partial charge in [0.25, 0.3) is 5.91 Å². The SMILES string of the molecule is Cc1cc(-n2c(C)cc(/C=C3\SC(=S)N(c4ccc(F)cc4)C3=O)c2C)no1. The molecule has 3 heterocycles. The zero-order valence-corrected chi connectivity index (χ0v) is 17.0. The first kappa shape index (κ1) is 18.6. The molecule has 1 fully saturated rings. The van der Waals surface area contributed by atoms with Crippen molar-refractivity contribution in [2.24, 2.45) is 0 Å². The highest BCUT2D eigenvalue weighted by atomic mass is 32.2. The molecule has 0 N–H and O–H groups in total. The monoisotopic (exact) mass is 413 g/mol. The van der Waals surface area contributed by atoms with Gasteiger partial charge in [-0.05, 0) is 62.7 Å². The van der Waals surface area contributed by atoms with Gasteiger partial charge in [0, 0.05) is 17.5 Å². The van der Waals surface area contributed by atoms with Crippen LogP contribution in [-0.4, -0.2) is 20.0 Å². The molecule has 8 heteroatoms. The number of hydrogen-bond donors (Lipinski definition) is 0. The summed E-state index contributed by atoms with van der Waals surface area (Å²) < 4.78 is 20.8. The highest BCUT2D eigenvalue weighted by Gasteiger charge is 2.33. The number of anilines is 1. The number of benzene rings is 1. The van der Waals surface area contributed by atoms with Gasteiger partial charge >= 0.3 is 0 Å². The van der Waals surface area contributed by atoms with E-state index in [0.29, 0.717) is 20.7 Å². The standard InChI is InChI=1S/C20H16FN3O2S2/c1-11-8-14(13(3)23(11)18-9-12(2)26-22-18)10-17-19(25)24(20(27)28-17)16-6-4-15(21)5-7-16/h4-10H,1-3H3/b17-10-. The number of aromatic nitrogens is 2. The molecule has 0 bridgehead atoms. The number of amides is 1. The number of carbonyl (C=O) groups is 1. The highest BCUT2D eigenvalue weighted by molar-refractivity contribution is 8.27. The lowest BCUT2D eigenvalue weighted by Gasteiger charge is -2.14. The summed E-state index contributed by atoms with van der Waals surface area (Å²) in [6.07, 6.45) is 1.83. The first-order valence-electron chi connectivity index (χ1n) is 8.51. The molecule has 28 heavy (non-hydrogen) atoms. The van der Waals surface area contributed by atoms with Crippen LogP contribution in [0.3, 0.4) is 0 Å². The number of thioether (sulfide) groups is 1. The number of carbonyl (C=O) groups excluding carboxylic acids is 1. The first-order chi connectivity index (χ1) is 13.3. The van der Waals surface area contributed by atoms with Crippen LogP contribution in [0.1, 0.15) is 22.7 Å². The van der Waals surface area contributed by atoms with Crippen molar-refractivity contribution in [3.8, 4) is 5.82 Å². The molecule has 4 rings (SSSR count). The van der Waals surface area contributed by atoms with Crippen molar-refractivity contribution in [1.29, 1.82) is 0 Å². The normalized spacial score (nSPS) is 15.9. The van der Waals surface area contributed by atoms with Gasteiger partial charge in [-0.1, -0.05) is 29.1 Å². The third-order valence-electron chi connectivity index (χ3n) is 4.48. The summed E-state index contributed by atoms with van der Waals surface area (Å²) in [6.45, 7) is 5.77. The molecule has 1 aromatic carbocycles. The molecule has 0 radical (unpaired) electrons. The van der Waals surface area contributed by atoms with E-state index in [4.69, 9.17) is 16.7 Å². The second-order valence-corrected chi connectivity index (χ2v) is 8.13. The van der Waals surface area contributed by atoms with Crippen LogP contribution in [0.5, 0.6) is 0 Å². The van der Waals surface area contributed by atoms with E-state index in [1.807, 2.05) is 43.5 Å². The van der Waals surface area contributed by atoms with Gasteiger partial charge in [0.1, 0.15) is 11.6 Å². The summed E-state index contributed by atoms with van der Waals surface area (Å²) in [4.78, 5) is 14.8. The average molecular weight is 413 g/mol. The molecule has 0 spiro atoms. The van der Waals surface area contributed by atoms with E-state index in [2.05, 4.69) is 5.16 Å². The smallest absolute Gasteiger partial charge is 0.270 e. The van der Waals surface area contributed by atoms with Crippen molar-refractivity contribution >= 4 is 46.0 Å². The van der Waals surface area contributed by atoms with Gasteiger partial charge in [0.15, 0.2) is 10.1 Å². The van der Waals surface area contributed by atoms with Gasteiger partial charge in [-0.2, -0.15) is 0 Å². The van der Waals surface area contributed by atoms with E-state index in [-0.39, 0.29) is 11.7 Å². The van der Waals surface area contributed by atoms with Crippen LogP contribution in [0.2, 0.25) is 0 Å². The number of thiocarbonyl (C=S) groups is 1. The van der Waals surface area contributed by atoms with Gasteiger partial charge < -0.3 is 4.52 Å². The van der Waals surface area contributed by atoms with Crippen LogP contribution >= 0.6 is 24.0 Å². The highest BCUT2D eigenvalue weighted by Crippen LogP contribution is 2.37. The Labute approximate surface area is 170 Å². The van der Waals surface area contributed by atoms with Gasteiger partial charge in [-0.25, -0.2) is 4.39 Å². The van der Waals surface area contributed by atoms with E-state index >= 15 is 0 Å². The Bertz CT molecular complexity index is 1130. The van der Waals surface area contributed by atoms with Gasteiger partial charge in [-0.3, -0.25) is 14.3 Å². The molecule has 0 saturated carbocycles. The largest absolute Gasteiger partial charge is 0.360 e. The summed E-state index contributed by atoms with van der Waals surface area (Å²) in [5.41, 5.74) is 3.37. The van der Waals surface area contributed by atoms with Gasteiger partial charge in [-0.15, -0.1) is 0 Å². The molecule has 1 amide bonds. The summed E-state index contributed by atoms with van der Waals surface area (Å²) in [6, 6.07) is 9.56. The molecule has 1 aliphatic rings. The Morgan fingerprint density at radius 1 is 1.18 bits per heavy atom. The van der Waals surface area contributed by atoms with Gasteiger partial charge in [0.2, 0.25) is 0 Å². The quantitative estimate of drug-likeness (QED) is 0.450. The van der Waals surface area contributed by atoms with Gasteiger partial charge in [0.05, 0.1) is 10.6 Å². The average Bonchev–Trinajstić information content (AvgIpc) is 3.27. The summed E-state index contributed by atoms with van der Waals surface area (Å²) in [5, 5.41) is 4.07. The fourth-order valence-corrected chi connectivity index (χ4v) is 4.46. The second-order valence-electron chi connectivity index (χ2n) is 6.45. The van der Waals surface area contributed by atoms with Crippen LogP contribution in [0.4, 0.5) is 10.1 Å². The fraction of sp³-hybridized carbons (Fsp3) is 0.150. The van der Waals surface area contributed by atoms with E-state index in [1.54, 1.807) is 12.1 Å². The fourth-order valence-electron chi connectivity index (χ4n) is 3.17. The Kier molecular flexibility index (Phi) is 4.68. The van der Waals surface area contributed by atoms with E-state index < -0.39 is 0 Å². The number of aryl methyl sites for hydroxylation is 2. The molecule has 0 atom stereocenters. The number of nitrogens with zero attached hydrogens (tertiary/aromatic N) is 3. The molecule has 2 aromatic heterocycles. The number of halogens is 1. The molecule has 3 aromatic rings. The number of hydrogen-bond acceptors (Lipinski definition) is 5. The maximum atomic E-state index is 13.2. The van der Waals surface area contributed by atoms with E-state index in [1.165, 1.54) is 28.8 Å². The maximum absolute atomic E-state index is 13.2. The van der Waals surface area contributed by atoms with Crippen LogP contribution in [0.25, 0.3) is 11.9 Å². The second kappa shape index (κ2) is 7.03. The molecular weight excluding hydrogens is 397 g/mol. The Morgan fingerprint density at radius 2 is 1.89 bits per heavy atom. The molecule has 5 nitrogen and oxygen atoms in total. The first-order valence-corrected chi connectivity index (χ1v) is 9.74. The third kappa shape index (κ3) is 3.18. The van der Waals surface area contributed by atoms with E-state index in [9.17, 15) is 9.18 Å². The minimum Gasteiger partial charge on any atom is -0.360 e. The van der Waals surface area contributed by atoms with Crippen LogP contribution in [0.15, 0.2) is 45.8 Å². The third-order valence-corrected chi connectivity index (χ3v) is 5.78. The topological polar surface area (TPSA) is 51.3 Å². The lowest BCUT2D eigenvalue weighted by Crippen LogP contribution is -2.27. The molecular formula is C20H16FN3O2S2. The van der Waals surface area contributed by atoms with Crippen molar-refractivity contribution in [3.05, 3.63) is 69.8 Å². The lowest BCUT2D eigenvalue weighted by molar-refractivity contribution is -0.113.